The van der Waals surface area contributed by atoms with Crippen LogP contribution in [-0.2, 0) is 38.1 Å². The maximum Gasteiger partial charge on any atom is 0.326 e. The third-order valence-corrected chi connectivity index (χ3v) is 5.85. The normalized spacial score (nSPS) is 22.8. The number of likely N-dealkylation sites (tertiary alicyclic amines) is 1. The summed E-state index contributed by atoms with van der Waals surface area (Å²) in [5.74, 6) is -2.59. The summed E-state index contributed by atoms with van der Waals surface area (Å²) in [5, 5.41) is 2.44. The number of rotatable bonds is 16. The molecule has 37 heavy (non-hydrogen) atoms. The van der Waals surface area contributed by atoms with Crippen molar-refractivity contribution in [1.82, 2.24) is 10.2 Å². The molecule has 210 valence electrons. The van der Waals surface area contributed by atoms with E-state index in [2.05, 4.69) is 5.32 Å². The van der Waals surface area contributed by atoms with Gasteiger partial charge in [-0.05, 0) is 31.6 Å². The standard InChI is InChI=1S/C25H38F2N2O8/c1-7-11-20(26)36-23(32)18-13-17(19(31)10-4)22(24(33)37-21(27)12-8-2)29(18)14-16(9-3)35-25(34-6)28-15(5)30/h4,16-18,20-22,25H,7-9,11-14H2,1-3,5-6H3,(H,28,30)/t16?,17-,18+,20?,21?,22+,25?/m0/s1. The molecule has 1 amide bonds. The summed E-state index contributed by atoms with van der Waals surface area (Å²) < 4.78 is 49.1. The van der Waals surface area contributed by atoms with Gasteiger partial charge in [-0.3, -0.25) is 24.1 Å². The number of esters is 2. The molecular formula is C25H38F2N2O8. The van der Waals surface area contributed by atoms with Crippen molar-refractivity contribution in [2.45, 2.75) is 104 Å². The molecule has 0 saturated carbocycles. The van der Waals surface area contributed by atoms with Gasteiger partial charge >= 0.3 is 11.9 Å². The number of terminal acetylenes is 1. The highest BCUT2D eigenvalue weighted by Crippen LogP contribution is 2.34. The minimum absolute atomic E-state index is 0.0376. The van der Waals surface area contributed by atoms with Crippen molar-refractivity contribution in [1.29, 1.82) is 0 Å². The molecule has 0 bridgehead atoms. The van der Waals surface area contributed by atoms with Gasteiger partial charge in [-0.25, -0.2) is 8.78 Å². The van der Waals surface area contributed by atoms with E-state index < -0.39 is 66.9 Å². The number of carbonyl (C=O) groups is 4. The van der Waals surface area contributed by atoms with Crippen LogP contribution in [0, 0.1) is 18.3 Å². The van der Waals surface area contributed by atoms with Gasteiger partial charge in [0.05, 0.1) is 12.0 Å². The van der Waals surface area contributed by atoms with Crippen molar-refractivity contribution < 1.29 is 46.9 Å². The first-order valence-corrected chi connectivity index (χ1v) is 12.4. The zero-order valence-corrected chi connectivity index (χ0v) is 22.0. The number of halogens is 2. The quantitative estimate of drug-likeness (QED) is 0.138. The second-order valence-corrected chi connectivity index (χ2v) is 8.71. The molecule has 0 aromatic rings. The number of Topliss-reactive ketones (excluding diaryl/α,β-unsaturated/α-hetero) is 1. The molecule has 12 heteroatoms. The summed E-state index contributed by atoms with van der Waals surface area (Å²) >= 11 is 0. The van der Waals surface area contributed by atoms with Crippen molar-refractivity contribution in [3.8, 4) is 12.3 Å². The van der Waals surface area contributed by atoms with Crippen LogP contribution in [0.3, 0.4) is 0 Å². The molecular weight excluding hydrogens is 494 g/mol. The molecule has 1 rings (SSSR count). The smallest absolute Gasteiger partial charge is 0.326 e. The van der Waals surface area contributed by atoms with E-state index >= 15 is 0 Å². The van der Waals surface area contributed by atoms with E-state index in [1.807, 2.05) is 5.92 Å². The molecule has 0 radical (unpaired) electrons. The number of hydrogen-bond acceptors (Lipinski definition) is 9. The minimum Gasteiger partial charge on any atom is -0.430 e. The van der Waals surface area contributed by atoms with Crippen LogP contribution >= 0.6 is 0 Å². The predicted octanol–water partition coefficient (Wildman–Crippen LogP) is 2.39. The van der Waals surface area contributed by atoms with E-state index in [0.29, 0.717) is 19.3 Å². The maximum atomic E-state index is 14.2. The number of carbonyl (C=O) groups excluding carboxylic acids is 4. The molecule has 1 N–H and O–H groups in total. The summed E-state index contributed by atoms with van der Waals surface area (Å²) in [4.78, 5) is 51.4. The zero-order chi connectivity index (χ0) is 28.1. The first-order chi connectivity index (χ1) is 17.5. The highest BCUT2D eigenvalue weighted by atomic mass is 19.1. The lowest BCUT2D eigenvalue weighted by Gasteiger charge is -2.33. The largest absolute Gasteiger partial charge is 0.430 e. The lowest BCUT2D eigenvalue weighted by Crippen LogP contribution is -2.52. The fourth-order valence-electron chi connectivity index (χ4n) is 4.02. The molecule has 1 saturated heterocycles. The third-order valence-electron chi connectivity index (χ3n) is 5.85. The number of ether oxygens (including phenoxy) is 4. The van der Waals surface area contributed by atoms with E-state index in [1.165, 1.54) is 18.9 Å². The van der Waals surface area contributed by atoms with Gasteiger partial charge in [-0.15, -0.1) is 6.42 Å². The number of nitrogens with zero attached hydrogens (tertiary/aromatic N) is 1. The molecule has 1 aliphatic heterocycles. The maximum absolute atomic E-state index is 14.2. The highest BCUT2D eigenvalue weighted by Gasteiger charge is 2.53. The Morgan fingerprint density at radius 2 is 1.62 bits per heavy atom. The van der Waals surface area contributed by atoms with Crippen LogP contribution in [0.25, 0.3) is 0 Å². The van der Waals surface area contributed by atoms with Crippen LogP contribution < -0.4 is 5.32 Å². The topological polar surface area (TPSA) is 120 Å². The second kappa shape index (κ2) is 16.3. The third kappa shape index (κ3) is 9.98. The van der Waals surface area contributed by atoms with Crippen molar-refractivity contribution >= 4 is 23.6 Å². The zero-order valence-electron chi connectivity index (χ0n) is 22.0. The summed E-state index contributed by atoms with van der Waals surface area (Å²) in [5.41, 5.74) is 0. The fraction of sp³-hybridized carbons (Fsp3) is 0.760. The number of methoxy groups -OCH3 is 1. The molecule has 1 fully saturated rings. The SMILES string of the molecule is C#CC(=O)[C@@H]1C[C@H](C(=O)OC(F)CCC)N(CC(CC)OC(NC(C)=O)OC)[C@H]1C(=O)OC(F)CCC. The average Bonchev–Trinajstić information content (AvgIpc) is 3.21. The molecule has 0 aromatic carbocycles. The van der Waals surface area contributed by atoms with Crippen LogP contribution in [0.5, 0.6) is 0 Å². The number of ketones is 1. The lowest BCUT2D eigenvalue weighted by atomic mass is 9.94. The van der Waals surface area contributed by atoms with Crippen LogP contribution in [-0.4, -0.2) is 79.5 Å². The van der Waals surface area contributed by atoms with Crippen LogP contribution in [0.2, 0.25) is 0 Å². The number of nitrogens with one attached hydrogen (secondary N) is 1. The Morgan fingerprint density at radius 3 is 2.08 bits per heavy atom. The first kappa shape index (κ1) is 32.4. The van der Waals surface area contributed by atoms with E-state index in [0.717, 1.165) is 0 Å². The molecule has 4 unspecified atom stereocenters. The van der Waals surface area contributed by atoms with E-state index in [4.69, 9.17) is 25.4 Å². The van der Waals surface area contributed by atoms with Gasteiger partial charge in [0.1, 0.15) is 12.1 Å². The number of alkyl halides is 2. The van der Waals surface area contributed by atoms with Gasteiger partial charge in [0.25, 0.3) is 0 Å². The van der Waals surface area contributed by atoms with E-state index in [9.17, 15) is 28.0 Å². The van der Waals surface area contributed by atoms with Crippen LogP contribution in [0.15, 0.2) is 0 Å². The Hall–Kier alpha value is -2.62. The summed E-state index contributed by atoms with van der Waals surface area (Å²) in [6, 6.07) is -2.71. The summed E-state index contributed by atoms with van der Waals surface area (Å²) in [6.45, 7) is 6.25. The molecule has 1 heterocycles. The Balaban J connectivity index is 3.37. The van der Waals surface area contributed by atoms with Gasteiger partial charge in [0.15, 0.2) is 0 Å². The molecule has 10 nitrogen and oxygen atoms in total. The van der Waals surface area contributed by atoms with Crippen molar-refractivity contribution in [2.24, 2.45) is 5.92 Å². The van der Waals surface area contributed by atoms with Crippen molar-refractivity contribution in [2.75, 3.05) is 13.7 Å². The van der Waals surface area contributed by atoms with Gasteiger partial charge in [0.2, 0.25) is 30.8 Å². The monoisotopic (exact) mass is 532 g/mol. The van der Waals surface area contributed by atoms with Crippen LogP contribution in [0.1, 0.15) is 66.2 Å². The van der Waals surface area contributed by atoms with Crippen LogP contribution in [0.4, 0.5) is 8.78 Å². The molecule has 0 spiro atoms. The molecule has 1 aliphatic rings. The summed E-state index contributed by atoms with van der Waals surface area (Å²) in [7, 11) is 1.30. The van der Waals surface area contributed by atoms with E-state index in [1.54, 1.807) is 20.8 Å². The van der Waals surface area contributed by atoms with E-state index in [-0.39, 0.29) is 25.8 Å². The Labute approximate surface area is 216 Å². The molecule has 7 atom stereocenters. The Kier molecular flexibility index (Phi) is 14.3. The number of hydrogen-bond donors (Lipinski definition) is 1. The van der Waals surface area contributed by atoms with Gasteiger partial charge in [-0.1, -0.05) is 20.8 Å². The van der Waals surface area contributed by atoms with Crippen molar-refractivity contribution in [3.63, 3.8) is 0 Å². The summed E-state index contributed by atoms with van der Waals surface area (Å²) in [6.07, 6.45) is 0.351. The average molecular weight is 533 g/mol. The fourth-order valence-corrected chi connectivity index (χ4v) is 4.02. The lowest BCUT2D eigenvalue weighted by molar-refractivity contribution is -0.187. The Bertz CT molecular complexity index is 821. The molecule has 0 aliphatic carbocycles. The van der Waals surface area contributed by atoms with Gasteiger partial charge < -0.3 is 24.3 Å². The van der Waals surface area contributed by atoms with Gasteiger partial charge in [-0.2, -0.15) is 0 Å². The Morgan fingerprint density at radius 1 is 1.05 bits per heavy atom. The second-order valence-electron chi connectivity index (χ2n) is 8.71. The van der Waals surface area contributed by atoms with Gasteiger partial charge in [0, 0.05) is 33.4 Å². The number of amides is 1. The van der Waals surface area contributed by atoms with Crippen molar-refractivity contribution in [3.05, 3.63) is 0 Å². The predicted molar refractivity (Wildman–Crippen MR) is 128 cm³/mol. The first-order valence-electron chi connectivity index (χ1n) is 12.4. The highest BCUT2D eigenvalue weighted by molar-refractivity contribution is 6.01. The minimum atomic E-state index is -1.93. The molecule has 0 aromatic heterocycles.